The van der Waals surface area contributed by atoms with Gasteiger partial charge in [0.1, 0.15) is 6.26 Å². The molecule has 4 nitrogen and oxygen atoms in total. The molecule has 20 heavy (non-hydrogen) atoms. The monoisotopic (exact) mass is 338 g/mol. The number of nitrogens with zero attached hydrogens (tertiary/aromatic N) is 1. The fourth-order valence-corrected chi connectivity index (χ4v) is 2.37. The number of ether oxygens (including phenoxy) is 1. The van der Waals surface area contributed by atoms with Gasteiger partial charge in [-0.15, -0.1) is 0 Å². The van der Waals surface area contributed by atoms with Gasteiger partial charge in [0.05, 0.1) is 17.9 Å². The largest absolute Gasteiger partial charge is 0.444 e. The van der Waals surface area contributed by atoms with Crippen molar-refractivity contribution in [3.8, 4) is 11.5 Å². The molecule has 1 atom stereocenters. The predicted octanol–water partition coefficient (Wildman–Crippen LogP) is 3.62. The number of aromatic nitrogens is 1. The summed E-state index contributed by atoms with van der Waals surface area (Å²) in [6.45, 7) is 3.51. The number of hydrogen-bond donors (Lipinski definition) is 1. The molecule has 0 aliphatic rings. The standard InChI is InChI=1S/C15H19BrN2O2/c1-3-11(9-19-2)17-8-12-10-20-15(18-12)13-6-4-5-7-14(13)16/h4-7,10-11,17H,3,8-9H2,1-2H3. The van der Waals surface area contributed by atoms with Gasteiger partial charge in [-0.25, -0.2) is 4.98 Å². The highest BCUT2D eigenvalue weighted by atomic mass is 79.9. The summed E-state index contributed by atoms with van der Waals surface area (Å²) in [5.74, 6) is 0.633. The van der Waals surface area contributed by atoms with Gasteiger partial charge >= 0.3 is 0 Å². The summed E-state index contributed by atoms with van der Waals surface area (Å²) in [5, 5.41) is 3.41. The van der Waals surface area contributed by atoms with Crippen molar-refractivity contribution in [3.05, 3.63) is 40.7 Å². The molecular weight excluding hydrogens is 320 g/mol. The molecule has 0 radical (unpaired) electrons. The minimum atomic E-state index is 0.337. The van der Waals surface area contributed by atoms with Crippen molar-refractivity contribution in [1.82, 2.24) is 10.3 Å². The second kappa shape index (κ2) is 7.57. The second-order valence-electron chi connectivity index (χ2n) is 4.57. The van der Waals surface area contributed by atoms with E-state index in [2.05, 4.69) is 33.2 Å². The Labute approximate surface area is 127 Å². The third kappa shape index (κ3) is 3.91. The average Bonchev–Trinajstić information content (AvgIpc) is 2.92. The van der Waals surface area contributed by atoms with Crippen LogP contribution in [0.5, 0.6) is 0 Å². The first kappa shape index (κ1) is 15.2. The number of benzene rings is 1. The Kier molecular flexibility index (Phi) is 5.76. The van der Waals surface area contributed by atoms with Crippen molar-refractivity contribution in [2.75, 3.05) is 13.7 Å². The van der Waals surface area contributed by atoms with E-state index < -0.39 is 0 Å². The number of methoxy groups -OCH3 is 1. The molecule has 0 aliphatic carbocycles. The van der Waals surface area contributed by atoms with Gasteiger partial charge in [0, 0.05) is 24.2 Å². The summed E-state index contributed by atoms with van der Waals surface area (Å²) in [6, 6.07) is 8.23. The molecule has 1 aromatic heterocycles. The van der Waals surface area contributed by atoms with E-state index in [1.807, 2.05) is 24.3 Å². The molecule has 5 heteroatoms. The summed E-state index contributed by atoms with van der Waals surface area (Å²) < 4.78 is 11.7. The van der Waals surface area contributed by atoms with Crippen LogP contribution in [0.1, 0.15) is 19.0 Å². The molecule has 1 heterocycles. The van der Waals surface area contributed by atoms with Crippen molar-refractivity contribution in [3.63, 3.8) is 0 Å². The Bertz CT molecular complexity index is 542. The molecule has 0 saturated heterocycles. The van der Waals surface area contributed by atoms with Crippen LogP contribution < -0.4 is 5.32 Å². The van der Waals surface area contributed by atoms with Gasteiger partial charge in [0.2, 0.25) is 5.89 Å². The summed E-state index contributed by atoms with van der Waals surface area (Å²) in [7, 11) is 1.71. The molecule has 0 amide bonds. The lowest BCUT2D eigenvalue weighted by Crippen LogP contribution is -2.32. The lowest BCUT2D eigenvalue weighted by Gasteiger charge is -2.14. The molecule has 2 aromatic rings. The zero-order valence-electron chi connectivity index (χ0n) is 11.7. The SMILES string of the molecule is CCC(COC)NCc1coc(-c2ccccc2Br)n1. The highest BCUT2D eigenvalue weighted by Crippen LogP contribution is 2.27. The van der Waals surface area contributed by atoms with Crippen molar-refractivity contribution < 1.29 is 9.15 Å². The molecule has 0 fully saturated rings. The number of oxazole rings is 1. The zero-order chi connectivity index (χ0) is 14.4. The lowest BCUT2D eigenvalue weighted by molar-refractivity contribution is 0.163. The van der Waals surface area contributed by atoms with Crippen LogP contribution in [0, 0.1) is 0 Å². The predicted molar refractivity (Wildman–Crippen MR) is 82.4 cm³/mol. The van der Waals surface area contributed by atoms with Crippen molar-refractivity contribution in [2.45, 2.75) is 25.9 Å². The minimum absolute atomic E-state index is 0.337. The molecule has 0 aliphatic heterocycles. The van der Waals surface area contributed by atoms with Crippen LogP contribution in [-0.4, -0.2) is 24.7 Å². The van der Waals surface area contributed by atoms with Crippen molar-refractivity contribution >= 4 is 15.9 Å². The Balaban J connectivity index is 2.01. The molecule has 108 valence electrons. The number of hydrogen-bond acceptors (Lipinski definition) is 4. The summed E-state index contributed by atoms with van der Waals surface area (Å²) >= 11 is 3.50. The second-order valence-corrected chi connectivity index (χ2v) is 5.42. The molecular formula is C15H19BrN2O2. The fraction of sp³-hybridized carbons (Fsp3) is 0.400. The van der Waals surface area contributed by atoms with Gasteiger partial charge in [-0.1, -0.05) is 19.1 Å². The number of rotatable bonds is 7. The van der Waals surface area contributed by atoms with E-state index in [-0.39, 0.29) is 0 Å². The smallest absolute Gasteiger partial charge is 0.227 e. The zero-order valence-corrected chi connectivity index (χ0v) is 13.3. The fourth-order valence-electron chi connectivity index (χ4n) is 1.92. The van der Waals surface area contributed by atoms with Gasteiger partial charge in [-0.3, -0.25) is 0 Å². The average molecular weight is 339 g/mol. The Hall–Kier alpha value is -1.17. The van der Waals surface area contributed by atoms with E-state index in [0.717, 1.165) is 22.2 Å². The summed E-state index contributed by atoms with van der Waals surface area (Å²) in [4.78, 5) is 4.51. The van der Waals surface area contributed by atoms with Crippen LogP contribution in [0.15, 0.2) is 39.4 Å². The molecule has 1 aromatic carbocycles. The Morgan fingerprint density at radius 1 is 1.40 bits per heavy atom. The van der Waals surface area contributed by atoms with Crippen molar-refractivity contribution in [2.24, 2.45) is 0 Å². The molecule has 1 N–H and O–H groups in total. The van der Waals surface area contributed by atoms with Gasteiger partial charge in [0.15, 0.2) is 0 Å². The number of nitrogens with one attached hydrogen (secondary N) is 1. The van der Waals surface area contributed by atoms with E-state index in [9.17, 15) is 0 Å². The maximum Gasteiger partial charge on any atom is 0.227 e. The first-order valence-electron chi connectivity index (χ1n) is 6.66. The summed E-state index contributed by atoms with van der Waals surface area (Å²) in [6.07, 6.45) is 2.71. The first-order valence-corrected chi connectivity index (χ1v) is 7.45. The highest BCUT2D eigenvalue weighted by Gasteiger charge is 2.11. The third-order valence-corrected chi connectivity index (χ3v) is 3.78. The topological polar surface area (TPSA) is 47.3 Å². The van der Waals surface area contributed by atoms with Gasteiger partial charge in [-0.05, 0) is 34.5 Å². The maximum absolute atomic E-state index is 5.55. The summed E-state index contributed by atoms with van der Waals surface area (Å²) in [5.41, 5.74) is 1.85. The normalized spacial score (nSPS) is 12.6. The third-order valence-electron chi connectivity index (χ3n) is 3.09. The minimum Gasteiger partial charge on any atom is -0.444 e. The molecule has 2 rings (SSSR count). The molecule has 0 bridgehead atoms. The van der Waals surface area contributed by atoms with E-state index in [1.165, 1.54) is 0 Å². The van der Waals surface area contributed by atoms with Gasteiger partial charge in [0.25, 0.3) is 0 Å². The van der Waals surface area contributed by atoms with Crippen LogP contribution in [0.3, 0.4) is 0 Å². The van der Waals surface area contributed by atoms with Crippen LogP contribution >= 0.6 is 15.9 Å². The molecule has 0 spiro atoms. The Morgan fingerprint density at radius 3 is 2.90 bits per heavy atom. The van der Waals surface area contributed by atoms with Crippen LogP contribution in [0.4, 0.5) is 0 Å². The van der Waals surface area contributed by atoms with E-state index >= 15 is 0 Å². The Morgan fingerprint density at radius 2 is 2.20 bits per heavy atom. The highest BCUT2D eigenvalue weighted by molar-refractivity contribution is 9.10. The quantitative estimate of drug-likeness (QED) is 0.837. The first-order chi connectivity index (χ1) is 9.74. The van der Waals surface area contributed by atoms with Gasteiger partial charge < -0.3 is 14.5 Å². The van der Waals surface area contributed by atoms with E-state index in [0.29, 0.717) is 25.1 Å². The maximum atomic E-state index is 5.55. The van der Waals surface area contributed by atoms with E-state index in [1.54, 1.807) is 13.4 Å². The van der Waals surface area contributed by atoms with Crippen LogP contribution in [-0.2, 0) is 11.3 Å². The van der Waals surface area contributed by atoms with Crippen LogP contribution in [0.2, 0.25) is 0 Å². The molecule has 0 saturated carbocycles. The number of halogens is 1. The van der Waals surface area contributed by atoms with Crippen molar-refractivity contribution in [1.29, 1.82) is 0 Å². The van der Waals surface area contributed by atoms with E-state index in [4.69, 9.17) is 9.15 Å². The van der Waals surface area contributed by atoms with Crippen LogP contribution in [0.25, 0.3) is 11.5 Å². The lowest BCUT2D eigenvalue weighted by atomic mass is 10.2. The molecule has 1 unspecified atom stereocenters. The van der Waals surface area contributed by atoms with Gasteiger partial charge in [-0.2, -0.15) is 0 Å².